The zero-order valence-corrected chi connectivity index (χ0v) is 17.6. The van der Waals surface area contributed by atoms with Crippen LogP contribution in [0.15, 0.2) is 61.1 Å². The molecule has 32 heavy (non-hydrogen) atoms. The fourth-order valence-electron chi connectivity index (χ4n) is 4.44. The highest BCUT2D eigenvalue weighted by molar-refractivity contribution is 5.99. The number of halogens is 2. The van der Waals surface area contributed by atoms with Gasteiger partial charge in [-0.15, -0.1) is 0 Å². The van der Waals surface area contributed by atoms with Gasteiger partial charge in [-0.1, -0.05) is 13.0 Å². The van der Waals surface area contributed by atoms with E-state index in [9.17, 15) is 18.8 Å². The van der Waals surface area contributed by atoms with Crippen molar-refractivity contribution in [3.8, 4) is 17.3 Å². The minimum absolute atomic E-state index is 0.0685. The van der Waals surface area contributed by atoms with Crippen molar-refractivity contribution in [3.63, 3.8) is 0 Å². The predicted molar refractivity (Wildman–Crippen MR) is 115 cm³/mol. The number of pyridine rings is 2. The summed E-state index contributed by atoms with van der Waals surface area (Å²) in [4.78, 5) is 23.4. The van der Waals surface area contributed by atoms with Crippen molar-refractivity contribution >= 4 is 5.91 Å². The maximum atomic E-state index is 14.4. The van der Waals surface area contributed by atoms with Gasteiger partial charge in [0.15, 0.2) is 0 Å². The fraction of sp³-hybridized carbons (Fsp3) is 0.280. The van der Waals surface area contributed by atoms with E-state index in [1.54, 1.807) is 54.7 Å². The van der Waals surface area contributed by atoms with Crippen LogP contribution in [0.5, 0.6) is 0 Å². The summed E-state index contributed by atoms with van der Waals surface area (Å²) in [5.74, 6) is -2.12. The Bertz CT molecular complexity index is 1150. The maximum absolute atomic E-state index is 14.4. The number of hydrogen-bond acceptors (Lipinski definition) is 4. The van der Waals surface area contributed by atoms with Crippen molar-refractivity contribution in [1.29, 1.82) is 5.26 Å². The van der Waals surface area contributed by atoms with E-state index < -0.39 is 23.0 Å². The molecule has 5 nitrogen and oxygen atoms in total. The fourth-order valence-corrected chi connectivity index (χ4v) is 4.44. The predicted octanol–water partition coefficient (Wildman–Crippen LogP) is 4.97. The summed E-state index contributed by atoms with van der Waals surface area (Å²) in [6, 6.07) is 13.1. The molecule has 0 bridgehead atoms. The number of rotatable bonds is 4. The van der Waals surface area contributed by atoms with Gasteiger partial charge in [-0.2, -0.15) is 5.26 Å². The van der Waals surface area contributed by atoms with Gasteiger partial charge in [0.1, 0.15) is 11.6 Å². The Morgan fingerprint density at radius 1 is 1.06 bits per heavy atom. The van der Waals surface area contributed by atoms with E-state index in [0.29, 0.717) is 37.2 Å². The summed E-state index contributed by atoms with van der Waals surface area (Å²) >= 11 is 0. The number of benzene rings is 1. The van der Waals surface area contributed by atoms with Crippen LogP contribution in [0.25, 0.3) is 11.3 Å². The van der Waals surface area contributed by atoms with E-state index in [1.165, 1.54) is 18.2 Å². The number of nitriles is 1. The van der Waals surface area contributed by atoms with Crippen LogP contribution >= 0.6 is 0 Å². The zero-order valence-electron chi connectivity index (χ0n) is 17.6. The molecule has 1 saturated heterocycles. The largest absolute Gasteiger partial charge is 0.338 e. The molecule has 3 aromatic rings. The van der Waals surface area contributed by atoms with Gasteiger partial charge in [0.05, 0.1) is 22.7 Å². The van der Waals surface area contributed by atoms with Crippen LogP contribution in [0.3, 0.4) is 0 Å². The Balaban J connectivity index is 1.56. The van der Waals surface area contributed by atoms with E-state index in [1.807, 2.05) is 0 Å². The van der Waals surface area contributed by atoms with Crippen LogP contribution in [0, 0.1) is 28.4 Å². The molecule has 1 atom stereocenters. The second kappa shape index (κ2) is 8.83. The van der Waals surface area contributed by atoms with E-state index in [4.69, 9.17) is 0 Å². The van der Waals surface area contributed by atoms with Crippen molar-refractivity contribution < 1.29 is 13.6 Å². The van der Waals surface area contributed by atoms with Crippen LogP contribution < -0.4 is 0 Å². The topological polar surface area (TPSA) is 69.9 Å². The normalized spacial score (nSPS) is 16.2. The number of amides is 1. The number of aromatic nitrogens is 2. The van der Waals surface area contributed by atoms with Crippen molar-refractivity contribution in [2.24, 2.45) is 5.41 Å². The molecule has 0 radical (unpaired) electrons. The minimum atomic E-state index is -0.956. The summed E-state index contributed by atoms with van der Waals surface area (Å²) in [5.41, 5.74) is 0.801. The van der Waals surface area contributed by atoms with Crippen molar-refractivity contribution in [2.45, 2.75) is 25.7 Å². The van der Waals surface area contributed by atoms with Gasteiger partial charge in [-0.25, -0.2) is 8.78 Å². The summed E-state index contributed by atoms with van der Waals surface area (Å²) in [6.07, 6.45) is 5.57. The van der Waals surface area contributed by atoms with E-state index in [0.717, 1.165) is 5.56 Å². The van der Waals surface area contributed by atoms with Gasteiger partial charge in [-0.3, -0.25) is 14.8 Å². The lowest BCUT2D eigenvalue weighted by atomic mass is 9.67. The molecule has 1 aromatic carbocycles. The average Bonchev–Trinajstić information content (AvgIpc) is 2.84. The number of nitrogens with zero attached hydrogens (tertiary/aromatic N) is 4. The first kappa shape index (κ1) is 21.6. The third-order valence-electron chi connectivity index (χ3n) is 6.42. The summed E-state index contributed by atoms with van der Waals surface area (Å²) in [6.45, 7) is 2.32. The lowest BCUT2D eigenvalue weighted by Gasteiger charge is -2.41. The Kier molecular flexibility index (Phi) is 5.95. The van der Waals surface area contributed by atoms with E-state index >= 15 is 0 Å². The van der Waals surface area contributed by atoms with Crippen molar-refractivity contribution in [1.82, 2.24) is 14.9 Å². The number of carbonyl (C=O) groups is 1. The Morgan fingerprint density at radius 3 is 2.34 bits per heavy atom. The molecule has 1 amide bonds. The van der Waals surface area contributed by atoms with Gasteiger partial charge in [0.25, 0.3) is 5.91 Å². The molecule has 1 aliphatic heterocycles. The lowest BCUT2D eigenvalue weighted by Crippen LogP contribution is -2.45. The SMILES string of the molecule is CC(c1c(F)cccc1F)C1(C#N)CCN(C(=O)c2cccnc2-c2ccncc2)CC1. The van der Waals surface area contributed by atoms with Crippen molar-refractivity contribution in [3.05, 3.63) is 83.8 Å². The molecule has 1 aliphatic rings. The molecule has 1 fully saturated rings. The highest BCUT2D eigenvalue weighted by Gasteiger charge is 2.43. The molecule has 4 rings (SSSR count). The van der Waals surface area contributed by atoms with E-state index in [-0.39, 0.29) is 11.5 Å². The molecule has 0 aliphatic carbocycles. The second-order valence-electron chi connectivity index (χ2n) is 8.05. The first-order valence-corrected chi connectivity index (χ1v) is 10.5. The third-order valence-corrected chi connectivity index (χ3v) is 6.42. The molecule has 162 valence electrons. The molecule has 0 N–H and O–H groups in total. The van der Waals surface area contributed by atoms with Gasteiger partial charge >= 0.3 is 0 Å². The first-order valence-electron chi connectivity index (χ1n) is 10.5. The quantitative estimate of drug-likeness (QED) is 0.584. The van der Waals surface area contributed by atoms with Gasteiger partial charge in [0, 0.05) is 48.7 Å². The zero-order chi connectivity index (χ0) is 22.7. The summed E-state index contributed by atoms with van der Waals surface area (Å²) < 4.78 is 28.7. The average molecular weight is 432 g/mol. The number of piperidine rings is 1. The Morgan fingerprint density at radius 2 is 1.72 bits per heavy atom. The number of hydrogen-bond donors (Lipinski definition) is 0. The summed E-state index contributed by atoms with van der Waals surface area (Å²) in [5, 5.41) is 9.98. The highest BCUT2D eigenvalue weighted by atomic mass is 19.1. The van der Waals surface area contributed by atoms with Crippen LogP contribution in [-0.4, -0.2) is 33.9 Å². The highest BCUT2D eigenvalue weighted by Crippen LogP contribution is 2.45. The Labute approximate surface area is 185 Å². The minimum Gasteiger partial charge on any atom is -0.338 e. The molecule has 0 saturated carbocycles. The van der Waals surface area contributed by atoms with Crippen LogP contribution in [0.4, 0.5) is 8.78 Å². The number of carbonyl (C=O) groups excluding carboxylic acids is 1. The van der Waals surface area contributed by atoms with Gasteiger partial charge in [0.2, 0.25) is 0 Å². The molecule has 2 aromatic heterocycles. The maximum Gasteiger partial charge on any atom is 0.256 e. The molecular formula is C25H22F2N4O. The lowest BCUT2D eigenvalue weighted by molar-refractivity contribution is 0.0620. The smallest absolute Gasteiger partial charge is 0.256 e. The third kappa shape index (κ3) is 3.84. The molecule has 0 spiro atoms. The number of likely N-dealkylation sites (tertiary alicyclic amines) is 1. The standard InChI is InChI=1S/C25H22F2N4O/c1-17(22-20(26)5-2-6-21(22)27)25(16-28)9-14-31(15-10-25)24(32)19-4-3-11-30-23(19)18-7-12-29-13-8-18/h2-8,11-13,17H,9-10,14-15H2,1H3. The summed E-state index contributed by atoms with van der Waals surface area (Å²) in [7, 11) is 0. The monoisotopic (exact) mass is 432 g/mol. The van der Waals surface area contributed by atoms with Crippen LogP contribution in [0.1, 0.15) is 41.6 Å². The molecule has 3 heterocycles. The Hall–Kier alpha value is -3.66. The van der Waals surface area contributed by atoms with Crippen LogP contribution in [-0.2, 0) is 0 Å². The van der Waals surface area contributed by atoms with Crippen molar-refractivity contribution in [2.75, 3.05) is 13.1 Å². The molecular weight excluding hydrogens is 410 g/mol. The van der Waals surface area contributed by atoms with Crippen LogP contribution in [0.2, 0.25) is 0 Å². The van der Waals surface area contributed by atoms with Gasteiger partial charge in [-0.05, 0) is 49.2 Å². The van der Waals surface area contributed by atoms with Gasteiger partial charge < -0.3 is 4.90 Å². The molecule has 1 unspecified atom stereocenters. The van der Waals surface area contributed by atoms with E-state index in [2.05, 4.69) is 16.0 Å². The second-order valence-corrected chi connectivity index (χ2v) is 8.05. The first-order chi connectivity index (χ1) is 15.5. The molecule has 7 heteroatoms.